The fourth-order valence-corrected chi connectivity index (χ4v) is 2.42. The van der Waals surface area contributed by atoms with Gasteiger partial charge in [0.1, 0.15) is 13.2 Å². The van der Waals surface area contributed by atoms with Crippen LogP contribution < -0.4 is 14.8 Å². The highest BCUT2D eigenvalue weighted by Gasteiger charge is 2.16. The van der Waals surface area contributed by atoms with Crippen molar-refractivity contribution >= 4 is 23.2 Å². The highest BCUT2D eigenvalue weighted by atomic mass is 35.5. The summed E-state index contributed by atoms with van der Waals surface area (Å²) in [5.41, 5.74) is 2.10. The molecule has 0 unspecified atom stereocenters. The fourth-order valence-electron chi connectivity index (χ4n) is 2.23. The minimum Gasteiger partial charge on any atom is -0.486 e. The fraction of sp³-hybridized carbons (Fsp3) is 0.188. The highest BCUT2D eigenvalue weighted by molar-refractivity contribution is 6.31. The van der Waals surface area contributed by atoms with Crippen molar-refractivity contribution < 1.29 is 14.3 Å². The molecule has 1 aliphatic rings. The molecule has 3 rings (SSSR count). The molecule has 0 saturated heterocycles. The van der Waals surface area contributed by atoms with Gasteiger partial charge in [-0.15, -0.1) is 0 Å². The van der Waals surface area contributed by atoms with E-state index in [0.29, 0.717) is 35.2 Å². The normalized spacial score (nSPS) is 12.9. The maximum Gasteiger partial charge on any atom is 0.255 e. The first-order valence-corrected chi connectivity index (χ1v) is 6.98. The average molecular weight is 304 g/mol. The van der Waals surface area contributed by atoms with Crippen LogP contribution in [0, 0.1) is 6.92 Å². The molecule has 0 radical (unpaired) electrons. The number of aryl methyl sites for hydroxylation is 1. The molecule has 0 aliphatic carbocycles. The van der Waals surface area contributed by atoms with Crippen molar-refractivity contribution in [2.45, 2.75) is 6.92 Å². The average Bonchev–Trinajstić information content (AvgIpc) is 2.47. The van der Waals surface area contributed by atoms with E-state index in [2.05, 4.69) is 5.32 Å². The third kappa shape index (κ3) is 2.95. The molecule has 1 amide bonds. The van der Waals surface area contributed by atoms with Crippen LogP contribution in [-0.4, -0.2) is 19.1 Å². The number of anilines is 1. The summed E-state index contributed by atoms with van der Waals surface area (Å²) in [6.07, 6.45) is 0. The number of hydrogen-bond acceptors (Lipinski definition) is 3. The molecule has 108 valence electrons. The lowest BCUT2D eigenvalue weighted by molar-refractivity contribution is 0.102. The van der Waals surface area contributed by atoms with Gasteiger partial charge in [-0.25, -0.2) is 0 Å². The Morgan fingerprint density at radius 1 is 1.19 bits per heavy atom. The topological polar surface area (TPSA) is 47.6 Å². The Morgan fingerprint density at radius 2 is 2.00 bits per heavy atom. The van der Waals surface area contributed by atoms with Crippen molar-refractivity contribution in [2.75, 3.05) is 18.5 Å². The standard InChI is InChI=1S/C16H14ClNO3/c1-10-7-13(9-14-15(10)21-6-5-20-14)18-16(19)11-3-2-4-12(17)8-11/h2-4,7-9H,5-6H2,1H3,(H,18,19). The van der Waals surface area contributed by atoms with Crippen LogP contribution in [-0.2, 0) is 0 Å². The molecule has 2 aromatic carbocycles. The van der Waals surface area contributed by atoms with Gasteiger partial charge in [0, 0.05) is 22.3 Å². The van der Waals surface area contributed by atoms with E-state index in [0.717, 1.165) is 11.3 Å². The summed E-state index contributed by atoms with van der Waals surface area (Å²) >= 11 is 5.90. The van der Waals surface area contributed by atoms with Gasteiger partial charge < -0.3 is 14.8 Å². The molecule has 1 heterocycles. The van der Waals surface area contributed by atoms with Gasteiger partial charge in [0.25, 0.3) is 5.91 Å². The van der Waals surface area contributed by atoms with Crippen molar-refractivity contribution in [3.63, 3.8) is 0 Å². The van der Waals surface area contributed by atoms with Crippen LogP contribution in [0.25, 0.3) is 0 Å². The maximum absolute atomic E-state index is 12.2. The van der Waals surface area contributed by atoms with Gasteiger partial charge in [0.2, 0.25) is 0 Å². The summed E-state index contributed by atoms with van der Waals surface area (Å²) in [4.78, 5) is 12.2. The van der Waals surface area contributed by atoms with Crippen LogP contribution in [0.1, 0.15) is 15.9 Å². The zero-order valence-electron chi connectivity index (χ0n) is 11.5. The van der Waals surface area contributed by atoms with E-state index in [1.54, 1.807) is 30.3 Å². The summed E-state index contributed by atoms with van der Waals surface area (Å²) in [6, 6.07) is 10.4. The zero-order valence-corrected chi connectivity index (χ0v) is 12.2. The third-order valence-corrected chi connectivity index (χ3v) is 3.41. The molecular weight excluding hydrogens is 290 g/mol. The Bertz CT molecular complexity index is 700. The number of ether oxygens (including phenoxy) is 2. The lowest BCUT2D eigenvalue weighted by Gasteiger charge is -2.21. The molecule has 5 heteroatoms. The second kappa shape index (κ2) is 5.66. The first kappa shape index (κ1) is 13.8. The van der Waals surface area contributed by atoms with Crippen molar-refractivity contribution in [1.29, 1.82) is 0 Å². The lowest BCUT2D eigenvalue weighted by atomic mass is 10.1. The minimum absolute atomic E-state index is 0.214. The predicted octanol–water partition coefficient (Wildman–Crippen LogP) is 3.67. The molecule has 2 aromatic rings. The Kier molecular flexibility index (Phi) is 3.71. The van der Waals surface area contributed by atoms with Crippen LogP contribution in [0.3, 0.4) is 0 Å². The van der Waals surface area contributed by atoms with Crippen molar-refractivity contribution in [1.82, 2.24) is 0 Å². The lowest BCUT2D eigenvalue weighted by Crippen LogP contribution is -2.17. The summed E-state index contributed by atoms with van der Waals surface area (Å²) in [5.74, 6) is 1.18. The molecule has 0 spiro atoms. The second-order valence-electron chi connectivity index (χ2n) is 4.78. The maximum atomic E-state index is 12.2. The molecule has 0 fully saturated rings. The van der Waals surface area contributed by atoms with E-state index in [4.69, 9.17) is 21.1 Å². The monoisotopic (exact) mass is 303 g/mol. The van der Waals surface area contributed by atoms with Gasteiger partial charge in [0.05, 0.1) is 0 Å². The molecular formula is C16H14ClNO3. The van der Waals surface area contributed by atoms with Crippen LogP contribution in [0.5, 0.6) is 11.5 Å². The smallest absolute Gasteiger partial charge is 0.255 e. The Hall–Kier alpha value is -2.20. The largest absolute Gasteiger partial charge is 0.486 e. The van der Waals surface area contributed by atoms with E-state index in [9.17, 15) is 4.79 Å². The molecule has 0 atom stereocenters. The molecule has 21 heavy (non-hydrogen) atoms. The van der Waals surface area contributed by atoms with Gasteiger partial charge >= 0.3 is 0 Å². The van der Waals surface area contributed by atoms with E-state index in [-0.39, 0.29) is 5.91 Å². The Balaban J connectivity index is 1.85. The second-order valence-corrected chi connectivity index (χ2v) is 5.22. The summed E-state index contributed by atoms with van der Waals surface area (Å²) in [6.45, 7) is 2.97. The van der Waals surface area contributed by atoms with Crippen molar-refractivity contribution in [3.8, 4) is 11.5 Å². The van der Waals surface area contributed by atoms with Crippen LogP contribution in [0.4, 0.5) is 5.69 Å². The molecule has 0 aromatic heterocycles. The molecule has 0 bridgehead atoms. The van der Waals surface area contributed by atoms with Crippen molar-refractivity contribution in [3.05, 3.63) is 52.5 Å². The van der Waals surface area contributed by atoms with Crippen LogP contribution in [0.15, 0.2) is 36.4 Å². The molecule has 4 nitrogen and oxygen atoms in total. The van der Waals surface area contributed by atoms with Gasteiger partial charge in [-0.1, -0.05) is 17.7 Å². The quantitative estimate of drug-likeness (QED) is 0.921. The number of fused-ring (bicyclic) bond motifs is 1. The molecule has 0 saturated carbocycles. The number of halogens is 1. The number of rotatable bonds is 2. The Morgan fingerprint density at radius 3 is 2.81 bits per heavy atom. The van der Waals surface area contributed by atoms with E-state index < -0.39 is 0 Å². The molecule has 1 aliphatic heterocycles. The summed E-state index contributed by atoms with van der Waals surface area (Å²) in [7, 11) is 0. The van der Waals surface area contributed by atoms with Gasteiger partial charge in [-0.3, -0.25) is 4.79 Å². The summed E-state index contributed by atoms with van der Waals surface area (Å²) in [5, 5.41) is 3.37. The minimum atomic E-state index is -0.214. The third-order valence-electron chi connectivity index (χ3n) is 3.17. The van der Waals surface area contributed by atoms with Gasteiger partial charge in [-0.05, 0) is 36.8 Å². The number of carbonyl (C=O) groups excluding carboxylic acids is 1. The van der Waals surface area contributed by atoms with Crippen LogP contribution in [0.2, 0.25) is 5.02 Å². The number of amides is 1. The number of hydrogen-bond donors (Lipinski definition) is 1. The van der Waals surface area contributed by atoms with Crippen LogP contribution >= 0.6 is 11.6 Å². The number of carbonyl (C=O) groups is 1. The van der Waals surface area contributed by atoms with E-state index >= 15 is 0 Å². The molecule has 1 N–H and O–H groups in total. The first-order chi connectivity index (χ1) is 10.1. The van der Waals surface area contributed by atoms with Crippen molar-refractivity contribution in [2.24, 2.45) is 0 Å². The predicted molar refractivity (Wildman–Crippen MR) is 81.6 cm³/mol. The van der Waals surface area contributed by atoms with Gasteiger partial charge in [0.15, 0.2) is 11.5 Å². The zero-order chi connectivity index (χ0) is 14.8. The number of benzene rings is 2. The summed E-state index contributed by atoms with van der Waals surface area (Å²) < 4.78 is 11.1. The number of nitrogens with one attached hydrogen (secondary N) is 1. The van der Waals surface area contributed by atoms with E-state index in [1.807, 2.05) is 13.0 Å². The van der Waals surface area contributed by atoms with E-state index in [1.165, 1.54) is 0 Å². The first-order valence-electron chi connectivity index (χ1n) is 6.60. The Labute approximate surface area is 127 Å². The van der Waals surface area contributed by atoms with Gasteiger partial charge in [-0.2, -0.15) is 0 Å². The highest BCUT2D eigenvalue weighted by Crippen LogP contribution is 2.36. The SMILES string of the molecule is Cc1cc(NC(=O)c2cccc(Cl)c2)cc2c1OCCO2.